The maximum absolute atomic E-state index is 8.26. The third kappa shape index (κ3) is 6.50. The van der Waals surface area contributed by atoms with Gasteiger partial charge in [-0.2, -0.15) is 0 Å². The van der Waals surface area contributed by atoms with Crippen LogP contribution in [0.4, 0.5) is 0 Å². The maximum atomic E-state index is 8.26. The van der Waals surface area contributed by atoms with Gasteiger partial charge in [0.25, 0.3) is 0 Å². The first kappa shape index (κ1) is 33.7. The van der Waals surface area contributed by atoms with Gasteiger partial charge < -0.3 is 9.97 Å². The molecular weight excluding hydrogens is 732 g/mol. The van der Waals surface area contributed by atoms with Crippen LogP contribution in [0.3, 0.4) is 0 Å². The van der Waals surface area contributed by atoms with Crippen LogP contribution in [0.1, 0.15) is 22.8 Å². The van der Waals surface area contributed by atoms with Gasteiger partial charge in [0.1, 0.15) is 0 Å². The normalized spacial score (nSPS) is 11.4. The number of aromatic nitrogens is 4. The van der Waals surface area contributed by atoms with Crippen LogP contribution in [0.5, 0.6) is 0 Å². The fraction of sp³-hybridized carbons (Fsp3) is 0. The number of nitrogens with zero attached hydrogens (tertiary/aromatic N) is 2. The summed E-state index contributed by atoms with van der Waals surface area (Å²) in [6.45, 7) is 0. The molecule has 0 spiro atoms. The molecule has 4 aromatic carbocycles. The molecule has 5 heterocycles. The molecule has 2 aliphatic rings. The Hall–Kier alpha value is -5.74. The predicted octanol–water partition coefficient (Wildman–Crippen LogP) is 11.6. The van der Waals surface area contributed by atoms with Gasteiger partial charge in [-0.25, -0.2) is 9.97 Å². The van der Waals surface area contributed by atoms with E-state index in [9.17, 15) is 0 Å². The second-order valence-electron chi connectivity index (χ2n) is 12.0. The quantitative estimate of drug-likeness (QED) is 0.175. The van der Waals surface area contributed by atoms with Crippen LogP contribution >= 0.6 is 12.4 Å². The Balaban J connectivity index is 0.00000133. The third-order valence-electron chi connectivity index (χ3n) is 9.00. The Bertz CT molecular complexity index is 2210. The van der Waals surface area contributed by atoms with E-state index in [2.05, 4.69) is 156 Å². The summed E-state index contributed by atoms with van der Waals surface area (Å²) in [6, 6.07) is 50.7. The van der Waals surface area contributed by atoms with Gasteiger partial charge in [-0.05, 0) is 70.8 Å². The van der Waals surface area contributed by atoms with Gasteiger partial charge in [0.15, 0.2) is 0 Å². The zero-order valence-electron chi connectivity index (χ0n) is 27.3. The Kier molecular flexibility index (Phi) is 9.94. The van der Waals surface area contributed by atoms with Crippen LogP contribution < -0.4 is 0 Å². The van der Waals surface area contributed by atoms with E-state index in [4.69, 9.17) is 13.4 Å². The standard InChI is InChI=1S/C44H30N4.ClH.Mo.O/c1-5-13-29(14-6-1)41-33-21-23-35(45-33)42(30-15-7-2-8-16-30)37-25-27-39(47-37)44(32-19-11-4-12-20-32)40-28-26-38(48-40)43(31-17-9-3-10-18-31)36-24-22-34(41)46-36;;;/h1-28,45,48H;1H;;. The summed E-state index contributed by atoms with van der Waals surface area (Å²) in [4.78, 5) is 18.3. The summed E-state index contributed by atoms with van der Waals surface area (Å²) in [5, 5.41) is 0. The van der Waals surface area contributed by atoms with Crippen molar-refractivity contribution in [2.45, 2.75) is 0 Å². The molecule has 0 saturated heterocycles. The van der Waals surface area contributed by atoms with E-state index in [1.54, 1.807) is 0 Å². The Morgan fingerprint density at radius 3 is 0.765 bits per heavy atom. The molecule has 5 nitrogen and oxygen atoms in total. The number of H-pyrrole nitrogens is 2. The van der Waals surface area contributed by atoms with E-state index in [1.807, 2.05) is 24.3 Å². The van der Waals surface area contributed by atoms with E-state index >= 15 is 0 Å². The second-order valence-corrected chi connectivity index (χ2v) is 12.0. The summed E-state index contributed by atoms with van der Waals surface area (Å²) < 4.78 is 8.26. The van der Waals surface area contributed by atoms with Crippen molar-refractivity contribution in [3.05, 3.63) is 168 Å². The molecule has 246 valence electrons. The van der Waals surface area contributed by atoms with Crippen molar-refractivity contribution < 1.29 is 23.2 Å². The molecular formula is C44H31ClMoN4O. The van der Waals surface area contributed by atoms with Gasteiger partial charge in [-0.3, -0.25) is 0 Å². The van der Waals surface area contributed by atoms with Crippen molar-refractivity contribution in [1.29, 1.82) is 0 Å². The van der Waals surface area contributed by atoms with Crippen LogP contribution in [0.25, 0.3) is 90.9 Å². The first-order valence-electron chi connectivity index (χ1n) is 16.3. The summed E-state index contributed by atoms with van der Waals surface area (Å²) in [7, 11) is 0. The van der Waals surface area contributed by atoms with Crippen molar-refractivity contribution in [2.24, 2.45) is 0 Å². The molecule has 3 aromatic heterocycles. The number of hydrogen-bond acceptors (Lipinski definition) is 3. The molecule has 0 amide bonds. The van der Waals surface area contributed by atoms with Crippen molar-refractivity contribution in [3.63, 3.8) is 0 Å². The van der Waals surface area contributed by atoms with Crippen molar-refractivity contribution in [2.75, 3.05) is 0 Å². The van der Waals surface area contributed by atoms with Crippen LogP contribution in [-0.2, 0) is 23.2 Å². The average Bonchev–Trinajstić information content (AvgIpc) is 4.02. The second kappa shape index (κ2) is 15.0. The average molecular weight is 763 g/mol. The SMILES string of the molecule is C1=Cc2nc1c(-c1ccccc1)c1ccc([nH]1)c(-c1ccccc1)c1nc(c(-c3ccccc3)c3ccc([nH]3)c2-c2ccccc2)C=C1.Cl.[O]=[Mo]. The van der Waals surface area contributed by atoms with Gasteiger partial charge in [-0.15, -0.1) is 12.4 Å². The van der Waals surface area contributed by atoms with Crippen LogP contribution in [0, 0.1) is 0 Å². The number of aromatic amines is 2. The van der Waals surface area contributed by atoms with Gasteiger partial charge in [0.2, 0.25) is 0 Å². The molecule has 0 saturated carbocycles. The summed E-state index contributed by atoms with van der Waals surface area (Å²) in [5.41, 5.74) is 16.2. The fourth-order valence-corrected chi connectivity index (χ4v) is 6.84. The van der Waals surface area contributed by atoms with Crippen LogP contribution in [-0.4, -0.2) is 19.9 Å². The van der Waals surface area contributed by atoms with Crippen LogP contribution in [0.2, 0.25) is 0 Å². The number of rotatable bonds is 4. The van der Waals surface area contributed by atoms with Crippen molar-refractivity contribution >= 4 is 58.8 Å². The van der Waals surface area contributed by atoms with E-state index < -0.39 is 0 Å². The molecule has 9 rings (SSSR count). The number of halogens is 1. The molecule has 2 N–H and O–H groups in total. The Morgan fingerprint density at radius 1 is 0.333 bits per heavy atom. The van der Waals surface area contributed by atoms with Gasteiger partial charge >= 0.3 is 23.2 Å². The number of fused-ring (bicyclic) bond motifs is 8. The number of nitrogens with one attached hydrogen (secondary N) is 2. The summed E-state index contributed by atoms with van der Waals surface area (Å²) in [5.74, 6) is 0. The zero-order valence-corrected chi connectivity index (χ0v) is 30.1. The minimum absolute atomic E-state index is 0. The summed E-state index contributed by atoms with van der Waals surface area (Å²) in [6.07, 6.45) is 8.54. The third-order valence-corrected chi connectivity index (χ3v) is 9.00. The molecule has 7 aromatic rings. The minimum atomic E-state index is 0. The molecule has 7 heteroatoms. The number of hydrogen-bond donors (Lipinski definition) is 2. The Morgan fingerprint density at radius 2 is 0.549 bits per heavy atom. The predicted molar refractivity (Wildman–Crippen MR) is 209 cm³/mol. The van der Waals surface area contributed by atoms with Gasteiger partial charge in [0.05, 0.1) is 22.8 Å². The molecule has 51 heavy (non-hydrogen) atoms. The van der Waals surface area contributed by atoms with Gasteiger partial charge in [0, 0.05) is 44.3 Å². The molecule has 0 aliphatic carbocycles. The topological polar surface area (TPSA) is 74.4 Å². The molecule has 0 fully saturated rings. The zero-order chi connectivity index (χ0) is 33.9. The van der Waals surface area contributed by atoms with E-state index in [0.29, 0.717) is 19.8 Å². The first-order chi connectivity index (χ1) is 24.8. The van der Waals surface area contributed by atoms with Gasteiger partial charge in [-0.1, -0.05) is 121 Å². The number of benzene rings is 4. The van der Waals surface area contributed by atoms with Crippen molar-refractivity contribution in [3.8, 4) is 44.5 Å². The van der Waals surface area contributed by atoms with Crippen molar-refractivity contribution in [1.82, 2.24) is 19.9 Å². The van der Waals surface area contributed by atoms with E-state index in [0.717, 1.165) is 89.4 Å². The van der Waals surface area contributed by atoms with Crippen LogP contribution in [0.15, 0.2) is 146 Å². The van der Waals surface area contributed by atoms with E-state index in [1.165, 1.54) is 0 Å². The molecule has 0 unspecified atom stereocenters. The van der Waals surface area contributed by atoms with E-state index in [-0.39, 0.29) is 12.4 Å². The molecule has 0 atom stereocenters. The monoisotopic (exact) mass is 764 g/mol. The first-order valence-corrected chi connectivity index (χ1v) is 17.2. The Labute approximate surface area is 313 Å². The molecule has 0 radical (unpaired) electrons. The molecule has 8 bridgehead atoms. The fourth-order valence-electron chi connectivity index (χ4n) is 6.84. The summed E-state index contributed by atoms with van der Waals surface area (Å²) >= 11 is 0.700. The molecule has 2 aliphatic heterocycles.